The SMILES string of the molecule is CCN(CC)Cc1ccc2c(=O)cc(CCc3cccc(F)c3F)n(CC(=O)N(CC)Cc3ccc(-c4ccc(C(F)(F)F)cc4)cc3)c2c1. The summed E-state index contributed by atoms with van der Waals surface area (Å²) in [5.74, 6) is -2.07. The van der Waals surface area contributed by atoms with Gasteiger partial charge in [0.1, 0.15) is 6.54 Å². The molecule has 0 saturated heterocycles. The van der Waals surface area contributed by atoms with Crippen LogP contribution in [0.4, 0.5) is 22.0 Å². The number of halogens is 5. The maximum atomic E-state index is 14.6. The molecular weight excluding hydrogens is 649 g/mol. The van der Waals surface area contributed by atoms with Gasteiger partial charge in [-0.1, -0.05) is 68.4 Å². The zero-order valence-electron chi connectivity index (χ0n) is 28.4. The van der Waals surface area contributed by atoms with Crippen LogP contribution < -0.4 is 5.43 Å². The van der Waals surface area contributed by atoms with Crippen LogP contribution in [-0.4, -0.2) is 39.9 Å². The van der Waals surface area contributed by atoms with Gasteiger partial charge >= 0.3 is 6.18 Å². The van der Waals surface area contributed by atoms with E-state index in [4.69, 9.17) is 0 Å². The first-order valence-electron chi connectivity index (χ1n) is 16.8. The number of fused-ring (bicyclic) bond motifs is 1. The molecule has 0 atom stereocenters. The van der Waals surface area contributed by atoms with Gasteiger partial charge in [-0.25, -0.2) is 8.78 Å². The molecule has 0 fully saturated rings. The predicted molar refractivity (Wildman–Crippen MR) is 187 cm³/mol. The van der Waals surface area contributed by atoms with Crippen LogP contribution in [0.2, 0.25) is 0 Å². The van der Waals surface area contributed by atoms with Crippen molar-refractivity contribution < 1.29 is 26.7 Å². The number of nitrogens with zero attached hydrogens (tertiary/aromatic N) is 3. The summed E-state index contributed by atoms with van der Waals surface area (Å²) in [6, 6.07) is 23.4. The lowest BCUT2D eigenvalue weighted by Crippen LogP contribution is -2.34. The molecule has 50 heavy (non-hydrogen) atoms. The van der Waals surface area contributed by atoms with Gasteiger partial charge in [0.05, 0.1) is 11.1 Å². The van der Waals surface area contributed by atoms with Crippen molar-refractivity contribution in [2.45, 2.75) is 59.4 Å². The van der Waals surface area contributed by atoms with E-state index in [-0.39, 0.29) is 42.8 Å². The molecule has 0 spiro atoms. The number of amides is 1. The summed E-state index contributed by atoms with van der Waals surface area (Å²) < 4.78 is 69.4. The number of hydrogen-bond donors (Lipinski definition) is 0. The number of aromatic nitrogens is 1. The Kier molecular flexibility index (Phi) is 11.5. The Morgan fingerprint density at radius 3 is 2.00 bits per heavy atom. The summed E-state index contributed by atoms with van der Waals surface area (Å²) in [6.07, 6.45) is -4.07. The molecule has 0 aliphatic heterocycles. The number of likely N-dealkylation sites (N-methyl/N-ethyl adjacent to an activating group) is 1. The molecule has 262 valence electrons. The van der Waals surface area contributed by atoms with Crippen LogP contribution in [0.5, 0.6) is 0 Å². The number of carbonyl (C=O) groups is 1. The van der Waals surface area contributed by atoms with Crippen molar-refractivity contribution in [3.8, 4) is 11.1 Å². The van der Waals surface area contributed by atoms with Gasteiger partial charge in [-0.15, -0.1) is 0 Å². The normalized spacial score (nSPS) is 11.8. The molecule has 4 aromatic carbocycles. The highest BCUT2D eigenvalue weighted by Crippen LogP contribution is 2.31. The second kappa shape index (κ2) is 15.8. The molecule has 0 radical (unpaired) electrons. The minimum atomic E-state index is -4.41. The summed E-state index contributed by atoms with van der Waals surface area (Å²) in [5.41, 5.74) is 3.60. The lowest BCUT2D eigenvalue weighted by Gasteiger charge is -2.25. The molecule has 1 amide bonds. The highest BCUT2D eigenvalue weighted by atomic mass is 19.4. The average molecular weight is 690 g/mol. The van der Waals surface area contributed by atoms with Gasteiger partial charge in [-0.2, -0.15) is 13.2 Å². The second-order valence-electron chi connectivity index (χ2n) is 12.3. The van der Waals surface area contributed by atoms with Crippen molar-refractivity contribution in [2.24, 2.45) is 0 Å². The Bertz CT molecular complexity index is 2000. The molecule has 1 aromatic heterocycles. The molecule has 5 rings (SSSR count). The summed E-state index contributed by atoms with van der Waals surface area (Å²) in [7, 11) is 0. The van der Waals surface area contributed by atoms with E-state index in [9.17, 15) is 31.5 Å². The average Bonchev–Trinajstić information content (AvgIpc) is 3.11. The third kappa shape index (κ3) is 8.48. The van der Waals surface area contributed by atoms with Gasteiger partial charge in [0.15, 0.2) is 17.1 Å². The number of aryl methyl sites for hydroxylation is 2. The van der Waals surface area contributed by atoms with Gasteiger partial charge in [-0.05, 0) is 91.0 Å². The molecule has 0 N–H and O–H groups in total. The maximum Gasteiger partial charge on any atom is 0.416 e. The lowest BCUT2D eigenvalue weighted by atomic mass is 10.0. The third-order valence-electron chi connectivity index (χ3n) is 9.15. The second-order valence-corrected chi connectivity index (χ2v) is 12.3. The highest BCUT2D eigenvalue weighted by Gasteiger charge is 2.30. The van der Waals surface area contributed by atoms with Crippen LogP contribution in [0.1, 0.15) is 48.7 Å². The van der Waals surface area contributed by atoms with E-state index in [0.29, 0.717) is 35.2 Å². The number of benzene rings is 4. The fraction of sp³-hybridized carbons (Fsp3) is 0.300. The van der Waals surface area contributed by atoms with E-state index < -0.39 is 23.4 Å². The number of hydrogen-bond acceptors (Lipinski definition) is 3. The molecule has 5 aromatic rings. The number of pyridine rings is 1. The first-order chi connectivity index (χ1) is 23.9. The molecule has 10 heteroatoms. The minimum absolute atomic E-state index is 0.0794. The smallest absolute Gasteiger partial charge is 0.337 e. The Balaban J connectivity index is 1.43. The molecule has 0 aliphatic rings. The standard InChI is InChI=1S/C40H40F5N3O2/c1-4-46(5-2)24-28-12-21-34-36(22-28)48(33(23-37(34)49)20-17-31-8-7-9-35(41)39(31)42)26-38(50)47(6-3)25-27-10-13-29(14-11-27)30-15-18-32(19-16-30)40(43,44)45/h7-16,18-19,21-23H,4-6,17,20,24-26H2,1-3H3. The van der Waals surface area contributed by atoms with Gasteiger partial charge in [0.2, 0.25) is 5.91 Å². The molecule has 0 saturated carbocycles. The fourth-order valence-electron chi connectivity index (χ4n) is 6.16. The Morgan fingerprint density at radius 1 is 0.740 bits per heavy atom. The zero-order chi connectivity index (χ0) is 36.0. The predicted octanol–water partition coefficient (Wildman–Crippen LogP) is 8.64. The monoisotopic (exact) mass is 689 g/mol. The van der Waals surface area contributed by atoms with Crippen LogP contribution in [0, 0.1) is 11.6 Å². The van der Waals surface area contributed by atoms with E-state index in [1.54, 1.807) is 11.0 Å². The van der Waals surface area contributed by atoms with Crippen LogP contribution >= 0.6 is 0 Å². The fourth-order valence-corrected chi connectivity index (χ4v) is 6.16. The van der Waals surface area contributed by atoms with E-state index in [0.717, 1.165) is 48.0 Å². The van der Waals surface area contributed by atoms with Crippen molar-refractivity contribution in [3.63, 3.8) is 0 Å². The Labute approximate surface area is 288 Å². The quantitative estimate of drug-likeness (QED) is 0.116. The van der Waals surface area contributed by atoms with Crippen molar-refractivity contribution >= 4 is 16.8 Å². The van der Waals surface area contributed by atoms with E-state index in [2.05, 4.69) is 18.7 Å². The van der Waals surface area contributed by atoms with Gasteiger partial charge < -0.3 is 9.47 Å². The maximum absolute atomic E-state index is 14.6. The molecule has 5 nitrogen and oxygen atoms in total. The van der Waals surface area contributed by atoms with Gasteiger partial charge in [0, 0.05) is 36.8 Å². The molecule has 0 bridgehead atoms. The summed E-state index contributed by atoms with van der Waals surface area (Å²) in [6.45, 7) is 8.97. The van der Waals surface area contributed by atoms with Crippen molar-refractivity contribution in [2.75, 3.05) is 19.6 Å². The van der Waals surface area contributed by atoms with Crippen LogP contribution in [-0.2, 0) is 43.4 Å². The van der Waals surface area contributed by atoms with Crippen molar-refractivity contribution in [1.29, 1.82) is 0 Å². The lowest BCUT2D eigenvalue weighted by molar-refractivity contribution is -0.137. The first kappa shape index (κ1) is 36.5. The zero-order valence-corrected chi connectivity index (χ0v) is 28.4. The van der Waals surface area contributed by atoms with Gasteiger partial charge in [0.25, 0.3) is 0 Å². The Morgan fingerprint density at radius 2 is 1.38 bits per heavy atom. The summed E-state index contributed by atoms with van der Waals surface area (Å²) >= 11 is 0. The van der Waals surface area contributed by atoms with E-state index in [1.165, 1.54) is 30.3 Å². The molecule has 0 aliphatic carbocycles. The van der Waals surface area contributed by atoms with Gasteiger partial charge in [-0.3, -0.25) is 14.5 Å². The van der Waals surface area contributed by atoms with Crippen LogP contribution in [0.3, 0.4) is 0 Å². The molecule has 0 unspecified atom stereocenters. The van der Waals surface area contributed by atoms with Crippen LogP contribution in [0.25, 0.3) is 22.0 Å². The largest absolute Gasteiger partial charge is 0.416 e. The minimum Gasteiger partial charge on any atom is -0.337 e. The topological polar surface area (TPSA) is 45.6 Å². The van der Waals surface area contributed by atoms with Crippen LogP contribution in [0.15, 0.2) is 95.8 Å². The van der Waals surface area contributed by atoms with E-state index >= 15 is 0 Å². The first-order valence-corrected chi connectivity index (χ1v) is 16.8. The molecule has 1 heterocycles. The Hall–Kier alpha value is -4.83. The number of alkyl halides is 3. The summed E-state index contributed by atoms with van der Waals surface area (Å²) in [5, 5.41) is 0.462. The van der Waals surface area contributed by atoms with Crippen molar-refractivity contribution in [3.05, 3.63) is 141 Å². The molecular formula is C40H40F5N3O2. The number of carbonyl (C=O) groups excluding carboxylic acids is 1. The van der Waals surface area contributed by atoms with E-state index in [1.807, 2.05) is 47.9 Å². The number of rotatable bonds is 13. The third-order valence-corrected chi connectivity index (χ3v) is 9.15. The van der Waals surface area contributed by atoms with Crippen molar-refractivity contribution in [1.82, 2.24) is 14.4 Å². The highest BCUT2D eigenvalue weighted by molar-refractivity contribution is 5.83. The summed E-state index contributed by atoms with van der Waals surface area (Å²) in [4.78, 5) is 31.2.